The monoisotopic (exact) mass is 783 g/mol. The second-order valence-corrected chi connectivity index (χ2v) is 15.3. The molecule has 0 rings (SSSR count). The summed E-state index contributed by atoms with van der Waals surface area (Å²) >= 11 is 0. The van der Waals surface area contributed by atoms with Crippen LogP contribution in [0.1, 0.15) is 220 Å². The Bertz CT molecular complexity index is 1040. The summed E-state index contributed by atoms with van der Waals surface area (Å²) in [6, 6.07) is 0. The molecule has 0 amide bonds. The van der Waals surface area contributed by atoms with Crippen molar-refractivity contribution < 1.29 is 28.6 Å². The maximum Gasteiger partial charge on any atom is 0.306 e. The fourth-order valence-corrected chi connectivity index (χ4v) is 6.27. The molecule has 0 saturated carbocycles. The molecule has 1 unspecified atom stereocenters. The van der Waals surface area contributed by atoms with Crippen molar-refractivity contribution in [1.29, 1.82) is 0 Å². The van der Waals surface area contributed by atoms with E-state index in [0.29, 0.717) is 19.3 Å². The van der Waals surface area contributed by atoms with E-state index in [4.69, 9.17) is 14.2 Å². The molecular weight excluding hydrogens is 697 g/mol. The van der Waals surface area contributed by atoms with Crippen molar-refractivity contribution in [1.82, 2.24) is 0 Å². The van der Waals surface area contributed by atoms with E-state index >= 15 is 0 Å². The summed E-state index contributed by atoms with van der Waals surface area (Å²) in [5, 5.41) is 0. The van der Waals surface area contributed by atoms with Crippen LogP contribution < -0.4 is 0 Å². The number of unbranched alkanes of at least 4 members (excludes halogenated alkanes) is 21. The molecule has 1 atom stereocenters. The molecular formula is C50H86O6. The lowest BCUT2D eigenvalue weighted by molar-refractivity contribution is -0.167. The van der Waals surface area contributed by atoms with Gasteiger partial charge in [-0.15, -0.1) is 0 Å². The van der Waals surface area contributed by atoms with E-state index in [-0.39, 0.29) is 31.1 Å². The predicted octanol–water partition coefficient (Wildman–Crippen LogP) is 14.9. The molecule has 0 fully saturated rings. The van der Waals surface area contributed by atoms with E-state index in [9.17, 15) is 14.4 Å². The molecule has 0 radical (unpaired) electrons. The van der Waals surface area contributed by atoms with Crippen molar-refractivity contribution in [2.45, 2.75) is 226 Å². The summed E-state index contributed by atoms with van der Waals surface area (Å²) in [5.41, 5.74) is 0. The van der Waals surface area contributed by atoms with Crippen molar-refractivity contribution in [3.05, 3.63) is 60.8 Å². The molecule has 0 saturated heterocycles. The van der Waals surface area contributed by atoms with Crippen LogP contribution in [0.25, 0.3) is 0 Å². The lowest BCUT2D eigenvalue weighted by Gasteiger charge is -2.18. The average Bonchev–Trinajstić information content (AvgIpc) is 3.19. The van der Waals surface area contributed by atoms with Crippen LogP contribution in [0.4, 0.5) is 0 Å². The minimum Gasteiger partial charge on any atom is -0.462 e. The Balaban J connectivity index is 4.41. The number of hydrogen-bond donors (Lipinski definition) is 0. The van der Waals surface area contributed by atoms with Gasteiger partial charge >= 0.3 is 17.9 Å². The van der Waals surface area contributed by atoms with Crippen LogP contribution >= 0.6 is 0 Å². The molecule has 0 aliphatic carbocycles. The van der Waals surface area contributed by atoms with Crippen molar-refractivity contribution in [3.8, 4) is 0 Å². The number of carbonyl (C=O) groups is 3. The molecule has 0 heterocycles. The Hall–Kier alpha value is -2.89. The van der Waals surface area contributed by atoms with Crippen molar-refractivity contribution in [3.63, 3.8) is 0 Å². The van der Waals surface area contributed by atoms with E-state index in [2.05, 4.69) is 81.5 Å². The largest absolute Gasteiger partial charge is 0.462 e. The molecule has 0 aromatic rings. The third-order valence-electron chi connectivity index (χ3n) is 9.78. The maximum absolute atomic E-state index is 12.7. The van der Waals surface area contributed by atoms with Crippen LogP contribution in [0.5, 0.6) is 0 Å². The molecule has 56 heavy (non-hydrogen) atoms. The second kappa shape index (κ2) is 44.8. The fourth-order valence-electron chi connectivity index (χ4n) is 6.27. The first-order valence-corrected chi connectivity index (χ1v) is 23.3. The number of esters is 3. The van der Waals surface area contributed by atoms with Gasteiger partial charge in [0.15, 0.2) is 6.10 Å². The Morgan fingerprint density at radius 2 is 0.750 bits per heavy atom. The van der Waals surface area contributed by atoms with Crippen LogP contribution in [-0.2, 0) is 28.6 Å². The predicted molar refractivity (Wildman–Crippen MR) is 238 cm³/mol. The Morgan fingerprint density at radius 3 is 1.23 bits per heavy atom. The van der Waals surface area contributed by atoms with Gasteiger partial charge in [0.25, 0.3) is 0 Å². The van der Waals surface area contributed by atoms with Gasteiger partial charge in [-0.2, -0.15) is 0 Å². The second-order valence-electron chi connectivity index (χ2n) is 15.3. The van der Waals surface area contributed by atoms with Gasteiger partial charge in [0.2, 0.25) is 0 Å². The average molecular weight is 783 g/mol. The van der Waals surface area contributed by atoms with Gasteiger partial charge in [0.05, 0.1) is 0 Å². The van der Waals surface area contributed by atoms with E-state index in [1.54, 1.807) is 0 Å². The Labute approximate surface area is 345 Å². The zero-order valence-corrected chi connectivity index (χ0v) is 36.6. The third-order valence-corrected chi connectivity index (χ3v) is 9.78. The number of rotatable bonds is 41. The van der Waals surface area contributed by atoms with Crippen LogP contribution in [0.15, 0.2) is 60.8 Å². The fraction of sp³-hybridized carbons (Fsp3) is 0.740. The first-order chi connectivity index (χ1) is 27.5. The van der Waals surface area contributed by atoms with E-state index in [1.165, 1.54) is 83.5 Å². The van der Waals surface area contributed by atoms with Gasteiger partial charge in [-0.1, -0.05) is 184 Å². The smallest absolute Gasteiger partial charge is 0.306 e. The van der Waals surface area contributed by atoms with E-state index < -0.39 is 6.10 Å². The molecule has 0 spiro atoms. The summed E-state index contributed by atoms with van der Waals surface area (Å²) in [7, 11) is 0. The molecule has 6 nitrogen and oxygen atoms in total. The number of allylic oxidation sites excluding steroid dienone is 10. The van der Waals surface area contributed by atoms with Crippen LogP contribution in [0, 0.1) is 0 Å². The minimum absolute atomic E-state index is 0.0866. The van der Waals surface area contributed by atoms with Crippen molar-refractivity contribution >= 4 is 17.9 Å². The molecule has 0 N–H and O–H groups in total. The number of hydrogen-bond acceptors (Lipinski definition) is 6. The van der Waals surface area contributed by atoms with Gasteiger partial charge < -0.3 is 14.2 Å². The number of ether oxygens (including phenoxy) is 3. The van der Waals surface area contributed by atoms with Crippen LogP contribution in [-0.4, -0.2) is 37.2 Å². The minimum atomic E-state index is -0.786. The summed E-state index contributed by atoms with van der Waals surface area (Å²) in [6.45, 7) is 6.43. The first-order valence-electron chi connectivity index (χ1n) is 23.3. The normalized spacial score (nSPS) is 12.6. The highest BCUT2D eigenvalue weighted by molar-refractivity contribution is 5.71. The maximum atomic E-state index is 12.7. The van der Waals surface area contributed by atoms with E-state index in [0.717, 1.165) is 96.3 Å². The topological polar surface area (TPSA) is 78.9 Å². The number of carbonyl (C=O) groups excluding carboxylic acids is 3. The highest BCUT2D eigenvalue weighted by Gasteiger charge is 2.19. The van der Waals surface area contributed by atoms with Gasteiger partial charge in [0.1, 0.15) is 13.2 Å². The summed E-state index contributed by atoms with van der Waals surface area (Å²) in [4.78, 5) is 37.7. The lowest BCUT2D eigenvalue weighted by Crippen LogP contribution is -2.30. The molecule has 322 valence electrons. The third kappa shape index (κ3) is 42.3. The summed E-state index contributed by atoms with van der Waals surface area (Å²) < 4.78 is 16.7. The molecule has 6 heteroatoms. The Morgan fingerprint density at radius 1 is 0.393 bits per heavy atom. The van der Waals surface area contributed by atoms with Gasteiger partial charge in [-0.25, -0.2) is 0 Å². The lowest BCUT2D eigenvalue weighted by atomic mass is 10.1. The van der Waals surface area contributed by atoms with Gasteiger partial charge in [0, 0.05) is 19.3 Å². The summed E-state index contributed by atoms with van der Waals surface area (Å²) in [6.07, 6.45) is 53.4. The SMILES string of the molecule is CC/C=C\C/C=C\C/C=C\CCCCCCC(=O)OC(COC(=O)CCCCCCCC/C=C\C=C/CCCCC)COC(=O)CCCCCCCCCCC. The molecule has 0 aliphatic heterocycles. The van der Waals surface area contributed by atoms with Gasteiger partial charge in [-0.3, -0.25) is 14.4 Å². The zero-order valence-electron chi connectivity index (χ0n) is 36.6. The summed E-state index contributed by atoms with van der Waals surface area (Å²) in [5.74, 6) is -0.926. The zero-order chi connectivity index (χ0) is 40.8. The Kier molecular flexibility index (Phi) is 42.5. The standard InChI is InChI=1S/C50H86O6/c1-4-7-10-13-16-19-21-23-25-27-28-31-34-37-40-43-49(52)55-46-47(45-54-48(51)42-39-36-33-30-18-15-12-9-6-3)56-50(53)44-41-38-35-32-29-26-24-22-20-17-14-11-8-5-2/h8,11,16-17,19-21,23-24,26,47H,4-7,9-10,12-15,18,22,25,27-46H2,1-3H3/b11-8-,19-16-,20-17-,23-21-,26-24-. The van der Waals surface area contributed by atoms with Crippen molar-refractivity contribution in [2.75, 3.05) is 13.2 Å². The quantitative estimate of drug-likeness (QED) is 0.0202. The van der Waals surface area contributed by atoms with Gasteiger partial charge in [-0.05, 0) is 77.0 Å². The van der Waals surface area contributed by atoms with Crippen molar-refractivity contribution in [2.24, 2.45) is 0 Å². The molecule has 0 aromatic carbocycles. The molecule has 0 bridgehead atoms. The first kappa shape index (κ1) is 53.1. The highest BCUT2D eigenvalue weighted by atomic mass is 16.6. The van der Waals surface area contributed by atoms with E-state index in [1.807, 2.05) is 0 Å². The molecule has 0 aromatic heterocycles. The highest BCUT2D eigenvalue weighted by Crippen LogP contribution is 2.13. The van der Waals surface area contributed by atoms with Crippen LogP contribution in [0.3, 0.4) is 0 Å². The van der Waals surface area contributed by atoms with Crippen LogP contribution in [0.2, 0.25) is 0 Å². The molecule has 0 aliphatic rings.